The molecule has 142 valence electrons. The zero-order chi connectivity index (χ0) is 20.0. The number of para-hydroxylation sites is 2. The van der Waals surface area contributed by atoms with Crippen LogP contribution in [0.15, 0.2) is 95.4 Å². The van der Waals surface area contributed by atoms with Gasteiger partial charge in [0.05, 0.1) is 11.5 Å². The molecule has 0 fully saturated rings. The van der Waals surface area contributed by atoms with Gasteiger partial charge in [-0.15, -0.1) is 10.2 Å². The van der Waals surface area contributed by atoms with Gasteiger partial charge in [-0.3, -0.25) is 0 Å². The van der Waals surface area contributed by atoms with Crippen LogP contribution in [0.3, 0.4) is 0 Å². The van der Waals surface area contributed by atoms with Crippen molar-refractivity contribution in [3.05, 3.63) is 96.4 Å². The molecule has 0 spiro atoms. The molecule has 3 aromatic carbocycles. The third-order valence-corrected chi connectivity index (χ3v) is 3.78. The van der Waals surface area contributed by atoms with Gasteiger partial charge >= 0.3 is 0 Å². The van der Waals surface area contributed by atoms with E-state index in [1.54, 1.807) is 0 Å². The number of fused-ring (bicyclic) bond motifs is 1. The van der Waals surface area contributed by atoms with Crippen LogP contribution in [-0.4, -0.2) is 0 Å². The molecule has 0 saturated heterocycles. The van der Waals surface area contributed by atoms with E-state index in [0.29, 0.717) is 0 Å². The van der Waals surface area contributed by atoms with E-state index in [2.05, 4.69) is 41.4 Å². The van der Waals surface area contributed by atoms with E-state index in [4.69, 9.17) is 23.1 Å². The summed E-state index contributed by atoms with van der Waals surface area (Å²) in [5, 5.41) is 2.10. The van der Waals surface area contributed by atoms with Crippen molar-refractivity contribution in [3.63, 3.8) is 0 Å². The molecule has 0 aliphatic heterocycles. The van der Waals surface area contributed by atoms with Gasteiger partial charge in [0.2, 0.25) is 11.0 Å². The monoisotopic (exact) mass is 397 g/mol. The molecule has 0 bridgehead atoms. The average Bonchev–Trinajstić information content (AvgIpc) is 2.68. The topological polar surface area (TPSA) is 119 Å². The van der Waals surface area contributed by atoms with Gasteiger partial charge < -0.3 is 4.42 Å². The van der Waals surface area contributed by atoms with Crippen LogP contribution in [0.5, 0.6) is 0 Å². The Balaban J connectivity index is 0.000000403. The number of halogens is 1. The van der Waals surface area contributed by atoms with E-state index in [1.807, 2.05) is 54.6 Å². The maximum atomic E-state index is 8.49. The van der Waals surface area contributed by atoms with E-state index in [9.17, 15) is 0 Å². The first-order valence-corrected chi connectivity index (χ1v) is 9.49. The summed E-state index contributed by atoms with van der Waals surface area (Å²) in [5.74, 6) is 0.850. The Morgan fingerprint density at radius 1 is 0.679 bits per heavy atom. The summed E-state index contributed by atoms with van der Waals surface area (Å²) in [7, 11) is -4.94. The lowest BCUT2D eigenvalue weighted by Gasteiger charge is -2.17. The van der Waals surface area contributed by atoms with E-state index >= 15 is 0 Å². The Hall–Kier alpha value is -3.00. The second-order valence-electron chi connectivity index (χ2n) is 5.76. The molecule has 1 N–H and O–H groups in total. The Morgan fingerprint density at radius 3 is 1.86 bits per heavy atom. The fourth-order valence-corrected chi connectivity index (χ4v) is 2.66. The molecule has 4 rings (SSSR count). The Kier molecular flexibility index (Phi) is 6.20. The van der Waals surface area contributed by atoms with Gasteiger partial charge in [0, 0.05) is 17.7 Å². The van der Waals surface area contributed by atoms with E-state index < -0.39 is 10.2 Å². The minimum atomic E-state index is -4.94. The first-order valence-electron chi connectivity index (χ1n) is 8.25. The third-order valence-electron chi connectivity index (χ3n) is 3.78. The van der Waals surface area contributed by atoms with Gasteiger partial charge in [0.1, 0.15) is 11.3 Å². The smallest absolute Gasteiger partial charge is 0.218 e. The van der Waals surface area contributed by atoms with Gasteiger partial charge in [0.15, 0.2) is 0 Å². The fraction of sp³-hybridized carbons (Fsp3) is 0. The molecule has 0 aliphatic rings. The molecule has 0 unspecified atom stereocenters. The summed E-state index contributed by atoms with van der Waals surface area (Å²) < 4.78 is 40.1. The molecule has 4 aromatic rings. The van der Waals surface area contributed by atoms with Crippen LogP contribution in [-0.2, 0) is 0 Å². The second kappa shape index (κ2) is 8.79. The first kappa shape index (κ1) is 19.8. The summed E-state index contributed by atoms with van der Waals surface area (Å²) in [6, 6.07) is 30.5. The molecule has 0 aliphatic carbocycles. The summed E-state index contributed by atoms with van der Waals surface area (Å²) in [6.07, 6.45) is 0. The maximum Gasteiger partial charge on any atom is 0.218 e. The minimum Gasteiger partial charge on any atom is -0.456 e. The van der Waals surface area contributed by atoms with Crippen molar-refractivity contribution in [2.45, 2.75) is 0 Å². The van der Waals surface area contributed by atoms with E-state index in [-0.39, 0.29) is 0 Å². The van der Waals surface area contributed by atoms with Crippen molar-refractivity contribution in [1.29, 1.82) is 0 Å². The van der Waals surface area contributed by atoms with Crippen LogP contribution in [0.25, 0.3) is 22.3 Å². The Morgan fingerprint density at radius 2 is 1.21 bits per heavy atom. The summed E-state index contributed by atoms with van der Waals surface area (Å²) in [5.41, 5.74) is 2.99. The summed E-state index contributed by atoms with van der Waals surface area (Å²) in [6.45, 7) is 0. The predicted molar refractivity (Wildman–Crippen MR) is 91.8 cm³/mol. The number of rotatable bonds is 2. The molecule has 7 heteroatoms. The van der Waals surface area contributed by atoms with Crippen molar-refractivity contribution in [2.24, 2.45) is 0 Å². The van der Waals surface area contributed by atoms with Crippen molar-refractivity contribution in [2.75, 3.05) is 0 Å². The lowest BCUT2D eigenvalue weighted by molar-refractivity contribution is -2.00. The Bertz CT molecular complexity index is 1100. The minimum absolute atomic E-state index is 0.850. The number of hydrogen-bond donors (Lipinski definition) is 1. The highest BCUT2D eigenvalue weighted by molar-refractivity contribution is 5.77. The molecular weight excluding hydrogens is 382 g/mol. The highest BCUT2D eigenvalue weighted by Gasteiger charge is 2.08. The van der Waals surface area contributed by atoms with Gasteiger partial charge in [0.25, 0.3) is 0 Å². The second-order valence-corrected chi connectivity index (χ2v) is 6.51. The molecule has 0 radical (unpaired) electrons. The SMILES string of the molecule is [O-][Cl+3]([O-])([O-])[O-].c1ccc([NH+]=c2cc(-c3ccccc3)oc3ccccc23)cc1. The Labute approximate surface area is 163 Å². The third kappa shape index (κ3) is 5.75. The summed E-state index contributed by atoms with van der Waals surface area (Å²) in [4.78, 5) is 3.50. The standard InChI is InChI=1S/C21H15NO.ClHO4/c1-3-9-16(10-4-1)21-15-19(22-17-11-5-2-6-12-17)18-13-7-8-14-20(18)23-21;2-1(3,4)5/h1-15H;(H,2,3,4,5). The molecule has 1 aromatic heterocycles. The summed E-state index contributed by atoms with van der Waals surface area (Å²) >= 11 is 0. The molecule has 6 nitrogen and oxygen atoms in total. The highest BCUT2D eigenvalue weighted by atomic mass is 35.7. The number of benzene rings is 3. The highest BCUT2D eigenvalue weighted by Crippen LogP contribution is 2.21. The lowest BCUT2D eigenvalue weighted by atomic mass is 10.1. The largest absolute Gasteiger partial charge is 0.456 e. The van der Waals surface area contributed by atoms with Gasteiger partial charge in [-0.05, 0) is 12.1 Å². The average molecular weight is 398 g/mol. The van der Waals surface area contributed by atoms with Crippen molar-refractivity contribution in [3.8, 4) is 11.3 Å². The van der Waals surface area contributed by atoms with Crippen LogP contribution in [0.1, 0.15) is 0 Å². The van der Waals surface area contributed by atoms with Crippen LogP contribution < -0.4 is 29.0 Å². The normalized spacial score (nSPS) is 11.8. The molecule has 0 atom stereocenters. The number of hydrogen-bond acceptors (Lipinski definition) is 5. The zero-order valence-corrected chi connectivity index (χ0v) is 15.3. The van der Waals surface area contributed by atoms with Gasteiger partial charge in [-0.25, -0.2) is 23.6 Å². The molecule has 1 heterocycles. The molecule has 0 amide bonds. The number of nitrogens with one attached hydrogen (secondary N) is 1. The lowest BCUT2D eigenvalue weighted by Crippen LogP contribution is -2.70. The van der Waals surface area contributed by atoms with Crippen LogP contribution >= 0.6 is 0 Å². The van der Waals surface area contributed by atoms with E-state index in [1.165, 1.54) is 0 Å². The van der Waals surface area contributed by atoms with Gasteiger partial charge in [-0.2, -0.15) is 0 Å². The predicted octanol–water partition coefficient (Wildman–Crippen LogP) is -1.34. The van der Waals surface area contributed by atoms with Crippen LogP contribution in [0.2, 0.25) is 0 Å². The maximum absolute atomic E-state index is 8.49. The van der Waals surface area contributed by atoms with Crippen molar-refractivity contribution < 1.29 is 38.3 Å². The van der Waals surface area contributed by atoms with Gasteiger partial charge in [-0.1, -0.05) is 60.7 Å². The van der Waals surface area contributed by atoms with Crippen molar-refractivity contribution >= 4 is 16.7 Å². The van der Waals surface area contributed by atoms with Crippen molar-refractivity contribution in [1.82, 2.24) is 0 Å². The fourth-order valence-electron chi connectivity index (χ4n) is 2.66. The molecular formula is C21H16ClNO5. The zero-order valence-electron chi connectivity index (χ0n) is 14.6. The first-order chi connectivity index (χ1) is 13.4. The quantitative estimate of drug-likeness (QED) is 0.449. The van der Waals surface area contributed by atoms with Crippen LogP contribution in [0, 0.1) is 10.2 Å². The molecule has 28 heavy (non-hydrogen) atoms. The van der Waals surface area contributed by atoms with Crippen LogP contribution in [0.4, 0.5) is 5.69 Å². The van der Waals surface area contributed by atoms with E-state index in [0.717, 1.165) is 33.3 Å². The molecule has 0 saturated carbocycles.